The van der Waals surface area contributed by atoms with Crippen LogP contribution in [0.5, 0.6) is 5.75 Å². The molecule has 22 heavy (non-hydrogen) atoms. The Morgan fingerprint density at radius 1 is 1.32 bits per heavy atom. The molecule has 1 atom stereocenters. The van der Waals surface area contributed by atoms with E-state index < -0.39 is 6.03 Å². The van der Waals surface area contributed by atoms with E-state index in [1.165, 1.54) is 0 Å². The molecule has 0 aliphatic carbocycles. The predicted molar refractivity (Wildman–Crippen MR) is 83.6 cm³/mol. The molecule has 120 valence electrons. The van der Waals surface area contributed by atoms with Crippen molar-refractivity contribution in [2.45, 2.75) is 31.7 Å². The molecular weight excluding hydrogens is 282 g/mol. The standard InChI is InChI=1S/C16H23N3O3/c1-22-14-7-5-12(6-8-14)10-15(20)19-9-3-2-4-13(19)11-18-16(17)21/h5-8,13H,2-4,9-11H2,1H3,(H3,17,18,21)/t13-/m0/s1. The number of rotatable bonds is 5. The van der Waals surface area contributed by atoms with Crippen LogP contribution in [-0.2, 0) is 11.2 Å². The first-order valence-corrected chi connectivity index (χ1v) is 7.56. The molecule has 6 heteroatoms. The zero-order chi connectivity index (χ0) is 15.9. The summed E-state index contributed by atoms with van der Waals surface area (Å²) in [7, 11) is 1.62. The Labute approximate surface area is 130 Å². The maximum Gasteiger partial charge on any atom is 0.312 e. The summed E-state index contributed by atoms with van der Waals surface area (Å²) in [6.07, 6.45) is 3.32. The van der Waals surface area contributed by atoms with E-state index in [9.17, 15) is 9.59 Å². The Hall–Kier alpha value is -2.24. The van der Waals surface area contributed by atoms with Crippen LogP contribution < -0.4 is 15.8 Å². The molecule has 2 rings (SSSR count). The number of primary amides is 1. The van der Waals surface area contributed by atoms with Crippen molar-refractivity contribution in [3.8, 4) is 5.75 Å². The highest BCUT2D eigenvalue weighted by Crippen LogP contribution is 2.19. The highest BCUT2D eigenvalue weighted by molar-refractivity contribution is 5.79. The molecule has 0 saturated carbocycles. The van der Waals surface area contributed by atoms with E-state index in [0.29, 0.717) is 13.0 Å². The summed E-state index contributed by atoms with van der Waals surface area (Å²) in [4.78, 5) is 25.3. The van der Waals surface area contributed by atoms with Crippen LogP contribution in [0, 0.1) is 0 Å². The second-order valence-corrected chi connectivity index (χ2v) is 5.51. The lowest BCUT2D eigenvalue weighted by Gasteiger charge is -2.36. The summed E-state index contributed by atoms with van der Waals surface area (Å²) in [5, 5.41) is 2.61. The lowest BCUT2D eigenvalue weighted by molar-refractivity contribution is -0.134. The van der Waals surface area contributed by atoms with Crippen molar-refractivity contribution in [2.24, 2.45) is 5.73 Å². The highest BCUT2D eigenvalue weighted by Gasteiger charge is 2.26. The molecule has 0 spiro atoms. The minimum Gasteiger partial charge on any atom is -0.497 e. The number of hydrogen-bond acceptors (Lipinski definition) is 3. The van der Waals surface area contributed by atoms with Gasteiger partial charge in [-0.05, 0) is 37.0 Å². The number of carbonyl (C=O) groups excluding carboxylic acids is 2. The third kappa shape index (κ3) is 4.38. The van der Waals surface area contributed by atoms with E-state index in [1.807, 2.05) is 29.2 Å². The van der Waals surface area contributed by atoms with Gasteiger partial charge in [0.2, 0.25) is 5.91 Å². The van der Waals surface area contributed by atoms with Crippen LogP contribution in [0.2, 0.25) is 0 Å². The van der Waals surface area contributed by atoms with Gasteiger partial charge in [-0.25, -0.2) is 4.79 Å². The van der Waals surface area contributed by atoms with Gasteiger partial charge in [-0.3, -0.25) is 4.79 Å². The van der Waals surface area contributed by atoms with Gasteiger partial charge >= 0.3 is 6.03 Å². The average molecular weight is 305 g/mol. The van der Waals surface area contributed by atoms with E-state index in [4.69, 9.17) is 10.5 Å². The second kappa shape index (κ2) is 7.68. The van der Waals surface area contributed by atoms with Crippen LogP contribution >= 0.6 is 0 Å². The highest BCUT2D eigenvalue weighted by atomic mass is 16.5. The van der Waals surface area contributed by atoms with Crippen LogP contribution in [0.15, 0.2) is 24.3 Å². The van der Waals surface area contributed by atoms with Gasteiger partial charge in [0, 0.05) is 19.1 Å². The molecule has 6 nitrogen and oxygen atoms in total. The Balaban J connectivity index is 1.96. The Morgan fingerprint density at radius 3 is 2.68 bits per heavy atom. The zero-order valence-electron chi connectivity index (χ0n) is 12.9. The van der Waals surface area contributed by atoms with Gasteiger partial charge in [-0.15, -0.1) is 0 Å². The van der Waals surface area contributed by atoms with Crippen molar-refractivity contribution in [2.75, 3.05) is 20.2 Å². The van der Waals surface area contributed by atoms with Crippen molar-refractivity contribution in [3.63, 3.8) is 0 Å². The maximum absolute atomic E-state index is 12.5. The molecule has 0 bridgehead atoms. The van der Waals surface area contributed by atoms with Crippen LogP contribution in [0.1, 0.15) is 24.8 Å². The first kappa shape index (κ1) is 16.1. The minimum absolute atomic E-state index is 0.0343. The Morgan fingerprint density at radius 2 is 2.05 bits per heavy atom. The number of nitrogens with two attached hydrogens (primary N) is 1. The summed E-state index contributed by atoms with van der Waals surface area (Å²) >= 11 is 0. The molecule has 0 aromatic heterocycles. The molecule has 1 aromatic rings. The summed E-state index contributed by atoms with van der Waals surface area (Å²) in [6.45, 7) is 1.16. The Kier molecular flexibility index (Phi) is 5.63. The molecule has 1 aromatic carbocycles. The van der Waals surface area contributed by atoms with Crippen LogP contribution in [-0.4, -0.2) is 43.1 Å². The van der Waals surface area contributed by atoms with E-state index in [-0.39, 0.29) is 11.9 Å². The smallest absolute Gasteiger partial charge is 0.312 e. The van der Waals surface area contributed by atoms with Crippen molar-refractivity contribution in [1.29, 1.82) is 0 Å². The summed E-state index contributed by atoms with van der Waals surface area (Å²) in [5.74, 6) is 0.860. The van der Waals surface area contributed by atoms with Crippen LogP contribution in [0.4, 0.5) is 4.79 Å². The van der Waals surface area contributed by atoms with E-state index >= 15 is 0 Å². The first-order valence-electron chi connectivity index (χ1n) is 7.56. The van der Waals surface area contributed by atoms with Gasteiger partial charge < -0.3 is 20.7 Å². The quantitative estimate of drug-likeness (QED) is 0.859. The van der Waals surface area contributed by atoms with Gasteiger partial charge in [0.15, 0.2) is 0 Å². The molecular formula is C16H23N3O3. The number of amides is 3. The van der Waals surface area contributed by atoms with Crippen molar-refractivity contribution >= 4 is 11.9 Å². The van der Waals surface area contributed by atoms with Crippen molar-refractivity contribution in [3.05, 3.63) is 29.8 Å². The Bertz CT molecular complexity index is 516. The molecule has 0 radical (unpaired) electrons. The fourth-order valence-electron chi connectivity index (χ4n) is 2.78. The molecule has 1 aliphatic heterocycles. The lowest BCUT2D eigenvalue weighted by atomic mass is 10.0. The number of nitrogens with one attached hydrogen (secondary N) is 1. The number of methoxy groups -OCH3 is 1. The monoisotopic (exact) mass is 305 g/mol. The zero-order valence-corrected chi connectivity index (χ0v) is 12.9. The largest absolute Gasteiger partial charge is 0.497 e. The number of hydrogen-bond donors (Lipinski definition) is 2. The number of piperidine rings is 1. The van der Waals surface area contributed by atoms with Gasteiger partial charge in [-0.1, -0.05) is 12.1 Å². The summed E-state index contributed by atoms with van der Waals surface area (Å²) in [6, 6.07) is 6.99. The molecule has 3 amide bonds. The van der Waals surface area contributed by atoms with Gasteiger partial charge in [0.25, 0.3) is 0 Å². The fourth-order valence-corrected chi connectivity index (χ4v) is 2.78. The number of ether oxygens (including phenoxy) is 1. The fraction of sp³-hybridized carbons (Fsp3) is 0.500. The topological polar surface area (TPSA) is 84.7 Å². The van der Waals surface area contributed by atoms with Gasteiger partial charge in [0.05, 0.1) is 13.5 Å². The third-order valence-electron chi connectivity index (χ3n) is 3.97. The van der Waals surface area contributed by atoms with Crippen LogP contribution in [0.3, 0.4) is 0 Å². The first-order chi connectivity index (χ1) is 10.6. The number of carbonyl (C=O) groups is 2. The van der Waals surface area contributed by atoms with Crippen LogP contribution in [0.25, 0.3) is 0 Å². The molecule has 0 unspecified atom stereocenters. The van der Waals surface area contributed by atoms with Gasteiger partial charge in [-0.2, -0.15) is 0 Å². The minimum atomic E-state index is -0.548. The summed E-state index contributed by atoms with van der Waals surface area (Å²) in [5.41, 5.74) is 6.07. The number of nitrogens with zero attached hydrogens (tertiary/aromatic N) is 1. The molecule has 1 saturated heterocycles. The maximum atomic E-state index is 12.5. The lowest BCUT2D eigenvalue weighted by Crippen LogP contribution is -2.50. The van der Waals surface area contributed by atoms with Gasteiger partial charge in [0.1, 0.15) is 5.75 Å². The second-order valence-electron chi connectivity index (χ2n) is 5.51. The number of urea groups is 1. The SMILES string of the molecule is COc1ccc(CC(=O)N2CCCC[C@H]2CNC(N)=O)cc1. The molecule has 1 fully saturated rings. The predicted octanol–water partition coefficient (Wildman–Crippen LogP) is 1.29. The van der Waals surface area contributed by atoms with E-state index in [2.05, 4.69) is 5.32 Å². The van der Waals surface area contributed by atoms with E-state index in [1.54, 1.807) is 7.11 Å². The normalized spacial score (nSPS) is 17.9. The average Bonchev–Trinajstić information content (AvgIpc) is 2.54. The molecule has 3 N–H and O–H groups in total. The third-order valence-corrected chi connectivity index (χ3v) is 3.97. The van der Waals surface area contributed by atoms with Crippen molar-refractivity contribution < 1.29 is 14.3 Å². The molecule has 1 aliphatic rings. The summed E-state index contributed by atoms with van der Waals surface area (Å²) < 4.78 is 5.11. The number of benzene rings is 1. The molecule has 1 heterocycles. The number of likely N-dealkylation sites (tertiary alicyclic amines) is 1. The van der Waals surface area contributed by atoms with Crippen molar-refractivity contribution in [1.82, 2.24) is 10.2 Å². The van der Waals surface area contributed by atoms with E-state index in [0.717, 1.165) is 37.1 Å².